The number of furan rings is 1. The Morgan fingerprint density at radius 3 is 2.69 bits per heavy atom. The molecule has 6 nitrogen and oxygen atoms in total. The molecule has 7 heteroatoms. The molecule has 3 heterocycles. The number of aliphatic hydroxyl groups excluding tert-OH is 1. The molecule has 3 N–H and O–H groups in total. The molecule has 0 radical (unpaired) electrons. The number of rotatable bonds is 9. The Hall–Kier alpha value is -3.96. The van der Waals surface area contributed by atoms with Crippen molar-refractivity contribution in [3.63, 3.8) is 0 Å². The van der Waals surface area contributed by atoms with Crippen LogP contribution in [0.3, 0.4) is 0 Å². The highest BCUT2D eigenvalue weighted by atomic mass is 32.1. The van der Waals surface area contributed by atoms with Gasteiger partial charge in [0.25, 0.3) is 0 Å². The Morgan fingerprint density at radius 1 is 1.03 bits per heavy atom. The van der Waals surface area contributed by atoms with Crippen molar-refractivity contribution in [3.05, 3.63) is 100 Å². The molecule has 5 rings (SSSR count). The smallest absolute Gasteiger partial charge is 0.103 e. The molecule has 3 aromatic heterocycles. The summed E-state index contributed by atoms with van der Waals surface area (Å²) in [5, 5.41) is 28.3. The van der Waals surface area contributed by atoms with Crippen LogP contribution in [0.15, 0.2) is 83.1 Å². The highest BCUT2D eigenvalue weighted by Gasteiger charge is 2.12. The lowest BCUT2D eigenvalue weighted by molar-refractivity contribution is 0.292. The summed E-state index contributed by atoms with van der Waals surface area (Å²) in [4.78, 5) is 5.76. The molecule has 0 saturated carbocycles. The minimum Gasteiger partial charge on any atom is -0.472 e. The highest BCUT2D eigenvalue weighted by molar-refractivity contribution is 7.10. The maximum Gasteiger partial charge on any atom is 0.103 e. The average Bonchev–Trinajstić information content (AvgIpc) is 3.58. The van der Waals surface area contributed by atoms with Crippen molar-refractivity contribution in [2.45, 2.75) is 13.0 Å². The van der Waals surface area contributed by atoms with Crippen LogP contribution in [0, 0.1) is 11.3 Å². The SMILES string of the molecule is N#Cc1cnc2cc(-c3csc(CNCCO)c3)ccc2c1Nc1ccc(Cc2ccoc2)cc1. The number of anilines is 2. The van der Waals surface area contributed by atoms with Gasteiger partial charge in [-0.2, -0.15) is 5.26 Å². The van der Waals surface area contributed by atoms with Gasteiger partial charge < -0.3 is 20.2 Å². The van der Waals surface area contributed by atoms with E-state index in [1.807, 2.05) is 24.3 Å². The Bertz CT molecular complexity index is 1470. The quantitative estimate of drug-likeness (QED) is 0.229. The normalized spacial score (nSPS) is 11.0. The Balaban J connectivity index is 1.39. The predicted octanol–water partition coefficient (Wildman–Crippen LogP) is 5.84. The van der Waals surface area contributed by atoms with Crippen LogP contribution >= 0.6 is 11.3 Å². The number of nitrogens with one attached hydrogen (secondary N) is 2. The lowest BCUT2D eigenvalue weighted by Gasteiger charge is -2.13. The van der Waals surface area contributed by atoms with Crippen LogP contribution in [0.5, 0.6) is 0 Å². The molecule has 5 aromatic rings. The van der Waals surface area contributed by atoms with Gasteiger partial charge in [-0.1, -0.05) is 24.3 Å². The van der Waals surface area contributed by atoms with Crippen molar-refractivity contribution in [2.24, 2.45) is 0 Å². The molecule has 0 saturated heterocycles. The third kappa shape index (κ3) is 5.26. The van der Waals surface area contributed by atoms with E-state index in [-0.39, 0.29) is 6.61 Å². The second-order valence-electron chi connectivity index (χ2n) is 8.22. The van der Waals surface area contributed by atoms with E-state index in [4.69, 9.17) is 9.52 Å². The number of aromatic nitrogens is 1. The van der Waals surface area contributed by atoms with Gasteiger partial charge in [0, 0.05) is 41.7 Å². The Kier molecular flexibility index (Phi) is 6.87. The second-order valence-corrected chi connectivity index (χ2v) is 9.22. The number of nitrogens with zero attached hydrogens (tertiary/aromatic N) is 2. The first kappa shape index (κ1) is 22.8. The van der Waals surface area contributed by atoms with Gasteiger partial charge in [-0.3, -0.25) is 4.98 Å². The lowest BCUT2D eigenvalue weighted by atomic mass is 10.0. The van der Waals surface area contributed by atoms with E-state index >= 15 is 0 Å². The molecule has 0 aliphatic heterocycles. The van der Waals surface area contributed by atoms with E-state index < -0.39 is 0 Å². The summed E-state index contributed by atoms with van der Waals surface area (Å²) >= 11 is 1.69. The van der Waals surface area contributed by atoms with Crippen molar-refractivity contribution in [1.82, 2.24) is 10.3 Å². The summed E-state index contributed by atoms with van der Waals surface area (Å²) in [5.74, 6) is 0. The van der Waals surface area contributed by atoms with Crippen molar-refractivity contribution >= 4 is 33.6 Å². The van der Waals surface area contributed by atoms with Gasteiger partial charge >= 0.3 is 0 Å². The van der Waals surface area contributed by atoms with Crippen LogP contribution in [0.25, 0.3) is 22.0 Å². The van der Waals surface area contributed by atoms with E-state index in [1.54, 1.807) is 30.1 Å². The number of pyridine rings is 1. The van der Waals surface area contributed by atoms with Gasteiger partial charge in [-0.25, -0.2) is 0 Å². The minimum absolute atomic E-state index is 0.130. The molecule has 2 aromatic carbocycles. The highest BCUT2D eigenvalue weighted by Crippen LogP contribution is 2.33. The number of fused-ring (bicyclic) bond motifs is 1. The van der Waals surface area contributed by atoms with Crippen LogP contribution in [0.1, 0.15) is 21.6 Å². The van der Waals surface area contributed by atoms with E-state index in [1.165, 1.54) is 10.4 Å². The molecule has 0 unspecified atom stereocenters. The Labute approximate surface area is 207 Å². The van der Waals surface area contributed by atoms with Crippen LogP contribution in [0.2, 0.25) is 0 Å². The third-order valence-corrected chi connectivity index (χ3v) is 6.71. The fourth-order valence-corrected chi connectivity index (χ4v) is 4.85. The first-order valence-electron chi connectivity index (χ1n) is 11.3. The topological polar surface area (TPSA) is 94.1 Å². The number of hydrogen-bond acceptors (Lipinski definition) is 7. The lowest BCUT2D eigenvalue weighted by Crippen LogP contribution is -2.16. The van der Waals surface area contributed by atoms with E-state index in [2.05, 4.69) is 57.4 Å². The van der Waals surface area contributed by atoms with Gasteiger partial charge in [0.05, 0.1) is 35.9 Å². The van der Waals surface area contributed by atoms with Gasteiger partial charge in [-0.05, 0) is 58.0 Å². The largest absolute Gasteiger partial charge is 0.472 e. The van der Waals surface area contributed by atoms with Crippen molar-refractivity contribution in [2.75, 3.05) is 18.5 Å². The van der Waals surface area contributed by atoms with Crippen LogP contribution in [-0.2, 0) is 13.0 Å². The van der Waals surface area contributed by atoms with Crippen molar-refractivity contribution < 1.29 is 9.52 Å². The molecule has 0 amide bonds. The first-order chi connectivity index (χ1) is 17.2. The average molecular weight is 481 g/mol. The molecule has 0 bridgehead atoms. The van der Waals surface area contributed by atoms with Gasteiger partial charge in [0.15, 0.2) is 0 Å². The second kappa shape index (κ2) is 10.5. The number of nitriles is 1. The summed E-state index contributed by atoms with van der Waals surface area (Å²) < 4.78 is 5.15. The zero-order chi connectivity index (χ0) is 24.0. The summed E-state index contributed by atoms with van der Waals surface area (Å²) in [6, 6.07) is 20.7. The summed E-state index contributed by atoms with van der Waals surface area (Å²) in [6.07, 6.45) is 5.87. The van der Waals surface area contributed by atoms with Crippen LogP contribution in [-0.4, -0.2) is 23.2 Å². The molecule has 0 atom stereocenters. The molecule has 174 valence electrons. The van der Waals surface area contributed by atoms with Crippen molar-refractivity contribution in [1.29, 1.82) is 5.26 Å². The maximum atomic E-state index is 9.71. The summed E-state index contributed by atoms with van der Waals surface area (Å²) in [7, 11) is 0. The first-order valence-corrected chi connectivity index (χ1v) is 12.2. The summed E-state index contributed by atoms with van der Waals surface area (Å²) in [5.41, 5.74) is 7.52. The number of benzene rings is 2. The fraction of sp³-hybridized carbons (Fsp3) is 0.143. The summed E-state index contributed by atoms with van der Waals surface area (Å²) in [6.45, 7) is 1.44. The van der Waals surface area contributed by atoms with Gasteiger partial charge in [0.1, 0.15) is 6.07 Å². The zero-order valence-electron chi connectivity index (χ0n) is 19.0. The molecular formula is C28H24N4O2S. The monoisotopic (exact) mass is 480 g/mol. The minimum atomic E-state index is 0.130. The number of hydrogen-bond donors (Lipinski definition) is 3. The van der Waals surface area contributed by atoms with Gasteiger partial charge in [-0.15, -0.1) is 11.3 Å². The zero-order valence-corrected chi connectivity index (χ0v) is 19.8. The third-order valence-electron chi connectivity index (χ3n) is 5.78. The molecule has 35 heavy (non-hydrogen) atoms. The Morgan fingerprint density at radius 2 is 1.91 bits per heavy atom. The maximum absolute atomic E-state index is 9.71. The van der Waals surface area contributed by atoms with Crippen LogP contribution in [0.4, 0.5) is 11.4 Å². The predicted molar refractivity (Wildman–Crippen MR) is 140 cm³/mol. The number of aliphatic hydroxyl groups is 1. The van der Waals surface area contributed by atoms with Crippen molar-refractivity contribution in [3.8, 4) is 17.2 Å². The molecule has 0 spiro atoms. The molecule has 0 aliphatic rings. The van der Waals surface area contributed by atoms with Gasteiger partial charge in [0.2, 0.25) is 0 Å². The van der Waals surface area contributed by atoms with Crippen LogP contribution < -0.4 is 10.6 Å². The number of thiophene rings is 1. The van der Waals surface area contributed by atoms with E-state index in [0.29, 0.717) is 12.1 Å². The molecule has 0 fully saturated rings. The molecular weight excluding hydrogens is 456 g/mol. The fourth-order valence-electron chi connectivity index (χ4n) is 3.99. The standard InChI is InChI=1S/C28H24N4O2S/c29-14-23-15-31-27-13-21(22-12-25(35-18-22)16-30-8-9-33)3-6-26(27)28(23)32-24-4-1-19(2-5-24)11-20-7-10-34-17-20/h1-7,10,12-13,15,17-18,30,33H,8-9,11,16H2,(H,31,32). The van der Waals surface area contributed by atoms with E-state index in [9.17, 15) is 5.26 Å². The van der Waals surface area contributed by atoms with E-state index in [0.717, 1.165) is 51.9 Å². The molecule has 0 aliphatic carbocycles.